The number of carbonyl (C=O) groups is 1. The lowest BCUT2D eigenvalue weighted by Gasteiger charge is -2.06. The third-order valence-corrected chi connectivity index (χ3v) is 3.87. The van der Waals surface area contributed by atoms with Gasteiger partial charge in [0, 0.05) is 17.2 Å². The lowest BCUT2D eigenvalue weighted by atomic mass is 9.98. The van der Waals surface area contributed by atoms with Crippen LogP contribution in [0.3, 0.4) is 0 Å². The zero-order valence-corrected chi connectivity index (χ0v) is 8.00. The summed E-state index contributed by atoms with van der Waals surface area (Å²) in [6.07, 6.45) is 3.25. The Morgan fingerprint density at radius 3 is 3.21 bits per heavy atom. The molecule has 4 heteroatoms. The van der Waals surface area contributed by atoms with Crippen molar-refractivity contribution in [2.45, 2.75) is 32.1 Å². The van der Waals surface area contributed by atoms with Gasteiger partial charge in [0.2, 0.25) is 0 Å². The Morgan fingerprint density at radius 2 is 2.57 bits per heavy atom. The SMILES string of the molecule is CCC12Cc3c(C(=O)O)n[nH]c3C1C2. The zero-order valence-electron chi connectivity index (χ0n) is 8.00. The highest BCUT2D eigenvalue weighted by Crippen LogP contribution is 2.68. The standard InChI is InChI=1S/C10H12N2O2/c1-2-10-3-5-7(6(10)4-10)11-12-8(5)9(13)14/h6H,2-4H2,1H3,(H,11,12)(H,13,14). The number of carboxylic acids is 1. The van der Waals surface area contributed by atoms with E-state index < -0.39 is 5.97 Å². The minimum atomic E-state index is -0.907. The Bertz CT molecular complexity index is 424. The van der Waals surface area contributed by atoms with Crippen molar-refractivity contribution < 1.29 is 9.90 Å². The van der Waals surface area contributed by atoms with E-state index in [9.17, 15) is 4.79 Å². The first-order valence-electron chi connectivity index (χ1n) is 4.98. The zero-order chi connectivity index (χ0) is 9.92. The molecule has 0 aromatic carbocycles. The highest BCUT2D eigenvalue weighted by Gasteiger charge is 2.60. The fraction of sp³-hybridized carbons (Fsp3) is 0.600. The number of aromatic carboxylic acids is 1. The topological polar surface area (TPSA) is 66.0 Å². The van der Waals surface area contributed by atoms with Gasteiger partial charge >= 0.3 is 5.97 Å². The first kappa shape index (κ1) is 8.03. The second-order valence-corrected chi connectivity index (χ2v) is 4.42. The summed E-state index contributed by atoms with van der Waals surface area (Å²) in [5.74, 6) is -0.349. The molecule has 2 aliphatic rings. The fourth-order valence-electron chi connectivity index (χ4n) is 2.84. The Balaban J connectivity index is 2.05. The summed E-state index contributed by atoms with van der Waals surface area (Å²) in [6.45, 7) is 2.18. The molecule has 1 aromatic rings. The number of rotatable bonds is 2. The minimum absolute atomic E-state index is 0.236. The molecule has 2 atom stereocenters. The number of nitrogens with zero attached hydrogens (tertiary/aromatic N) is 1. The molecule has 2 aliphatic carbocycles. The average Bonchev–Trinajstić information content (AvgIpc) is 2.57. The van der Waals surface area contributed by atoms with Crippen LogP contribution in [0.1, 0.15) is 47.4 Å². The maximum absolute atomic E-state index is 10.9. The van der Waals surface area contributed by atoms with Crippen LogP contribution < -0.4 is 0 Å². The summed E-state index contributed by atoms with van der Waals surface area (Å²) in [7, 11) is 0. The maximum Gasteiger partial charge on any atom is 0.356 e. The smallest absolute Gasteiger partial charge is 0.356 e. The van der Waals surface area contributed by atoms with Gasteiger partial charge in [-0.3, -0.25) is 5.10 Å². The minimum Gasteiger partial charge on any atom is -0.476 e. The predicted octanol–water partition coefficient (Wildman–Crippen LogP) is 1.55. The van der Waals surface area contributed by atoms with Crippen LogP contribution in [0.25, 0.3) is 0 Å². The first-order valence-corrected chi connectivity index (χ1v) is 4.98. The number of aromatic amines is 1. The Labute approximate surface area is 81.3 Å². The van der Waals surface area contributed by atoms with E-state index in [0.717, 1.165) is 24.1 Å². The van der Waals surface area contributed by atoms with Crippen molar-refractivity contribution in [3.05, 3.63) is 17.0 Å². The van der Waals surface area contributed by atoms with E-state index in [1.807, 2.05) is 0 Å². The van der Waals surface area contributed by atoms with Gasteiger partial charge in [0.25, 0.3) is 0 Å². The molecule has 0 aliphatic heterocycles. The van der Waals surface area contributed by atoms with E-state index in [2.05, 4.69) is 17.1 Å². The molecule has 14 heavy (non-hydrogen) atoms. The van der Waals surface area contributed by atoms with E-state index >= 15 is 0 Å². The second kappa shape index (κ2) is 2.19. The van der Waals surface area contributed by atoms with E-state index in [-0.39, 0.29) is 5.69 Å². The molecule has 3 rings (SSSR count). The summed E-state index contributed by atoms with van der Waals surface area (Å²) < 4.78 is 0. The van der Waals surface area contributed by atoms with Crippen molar-refractivity contribution in [1.29, 1.82) is 0 Å². The number of hydrogen-bond acceptors (Lipinski definition) is 2. The summed E-state index contributed by atoms with van der Waals surface area (Å²) in [4.78, 5) is 10.9. The molecule has 4 nitrogen and oxygen atoms in total. The normalized spacial score (nSPS) is 32.5. The van der Waals surface area contributed by atoms with Gasteiger partial charge in [-0.1, -0.05) is 6.92 Å². The van der Waals surface area contributed by atoms with Crippen molar-refractivity contribution in [1.82, 2.24) is 10.2 Å². The van der Waals surface area contributed by atoms with Gasteiger partial charge in [-0.15, -0.1) is 0 Å². The van der Waals surface area contributed by atoms with Crippen molar-refractivity contribution >= 4 is 5.97 Å². The molecule has 1 heterocycles. The van der Waals surface area contributed by atoms with E-state index in [1.54, 1.807) is 0 Å². The highest BCUT2D eigenvalue weighted by atomic mass is 16.4. The van der Waals surface area contributed by atoms with Crippen LogP contribution in [0.5, 0.6) is 0 Å². The summed E-state index contributed by atoms with van der Waals surface area (Å²) in [6, 6.07) is 0. The van der Waals surface area contributed by atoms with Gasteiger partial charge in [0.15, 0.2) is 5.69 Å². The largest absolute Gasteiger partial charge is 0.476 e. The van der Waals surface area contributed by atoms with E-state index in [0.29, 0.717) is 11.3 Å². The monoisotopic (exact) mass is 192 g/mol. The molecule has 2 unspecified atom stereocenters. The molecule has 0 amide bonds. The van der Waals surface area contributed by atoms with Crippen LogP contribution in [0.15, 0.2) is 0 Å². The Morgan fingerprint density at radius 1 is 1.79 bits per heavy atom. The fourth-order valence-corrected chi connectivity index (χ4v) is 2.84. The molecule has 74 valence electrons. The summed E-state index contributed by atoms with van der Waals surface area (Å²) in [5, 5.41) is 15.7. The first-order chi connectivity index (χ1) is 6.68. The van der Waals surface area contributed by atoms with Crippen LogP contribution >= 0.6 is 0 Å². The van der Waals surface area contributed by atoms with Crippen LogP contribution in [0, 0.1) is 5.41 Å². The number of carboxylic acid groups (broad SMARTS) is 1. The van der Waals surface area contributed by atoms with Gasteiger partial charge < -0.3 is 5.11 Å². The summed E-state index contributed by atoms with van der Waals surface area (Å²) in [5.41, 5.74) is 2.66. The van der Waals surface area contributed by atoms with Crippen LogP contribution in [0.4, 0.5) is 0 Å². The Hall–Kier alpha value is -1.32. The number of hydrogen-bond donors (Lipinski definition) is 2. The molecule has 0 bridgehead atoms. The molecule has 0 saturated heterocycles. The van der Waals surface area contributed by atoms with Crippen molar-refractivity contribution in [3.63, 3.8) is 0 Å². The molecule has 1 fully saturated rings. The lowest BCUT2D eigenvalue weighted by molar-refractivity contribution is 0.0689. The van der Waals surface area contributed by atoms with Gasteiger partial charge in [-0.05, 0) is 24.7 Å². The van der Waals surface area contributed by atoms with Crippen molar-refractivity contribution in [2.24, 2.45) is 5.41 Å². The van der Waals surface area contributed by atoms with E-state index in [4.69, 9.17) is 5.11 Å². The molecule has 2 N–H and O–H groups in total. The van der Waals surface area contributed by atoms with Gasteiger partial charge in [0.1, 0.15) is 0 Å². The molecular formula is C10H12N2O2. The molecule has 1 aromatic heterocycles. The molecule has 0 spiro atoms. The number of H-pyrrole nitrogens is 1. The quantitative estimate of drug-likeness (QED) is 0.747. The van der Waals surface area contributed by atoms with E-state index in [1.165, 1.54) is 6.42 Å². The van der Waals surface area contributed by atoms with Crippen molar-refractivity contribution in [3.8, 4) is 0 Å². The highest BCUT2D eigenvalue weighted by molar-refractivity contribution is 5.88. The number of aromatic nitrogens is 2. The van der Waals surface area contributed by atoms with Crippen molar-refractivity contribution in [2.75, 3.05) is 0 Å². The van der Waals surface area contributed by atoms with Gasteiger partial charge in [-0.2, -0.15) is 5.10 Å². The van der Waals surface area contributed by atoms with Crippen LogP contribution in [-0.2, 0) is 6.42 Å². The van der Waals surface area contributed by atoms with Crippen LogP contribution in [-0.4, -0.2) is 21.3 Å². The van der Waals surface area contributed by atoms with Gasteiger partial charge in [-0.25, -0.2) is 4.79 Å². The molecular weight excluding hydrogens is 180 g/mol. The molecule has 1 saturated carbocycles. The third kappa shape index (κ3) is 0.744. The number of fused-ring (bicyclic) bond motifs is 3. The van der Waals surface area contributed by atoms with Crippen LogP contribution in [0.2, 0.25) is 0 Å². The summed E-state index contributed by atoms with van der Waals surface area (Å²) >= 11 is 0. The second-order valence-electron chi connectivity index (χ2n) is 4.42. The third-order valence-electron chi connectivity index (χ3n) is 3.87. The predicted molar refractivity (Wildman–Crippen MR) is 49.3 cm³/mol. The number of nitrogens with one attached hydrogen (secondary N) is 1. The van der Waals surface area contributed by atoms with Gasteiger partial charge in [0.05, 0.1) is 0 Å². The Kier molecular flexibility index (Phi) is 1.25. The average molecular weight is 192 g/mol. The lowest BCUT2D eigenvalue weighted by Crippen LogP contribution is -2.05. The molecule has 0 radical (unpaired) electrons. The maximum atomic E-state index is 10.9.